The van der Waals surface area contributed by atoms with Crippen LogP contribution in [0.4, 0.5) is 4.39 Å². The van der Waals surface area contributed by atoms with E-state index in [-0.39, 0.29) is 5.82 Å². The molecule has 0 amide bonds. The summed E-state index contributed by atoms with van der Waals surface area (Å²) in [6, 6.07) is 4.82. The molecule has 0 radical (unpaired) electrons. The summed E-state index contributed by atoms with van der Waals surface area (Å²) in [6.45, 7) is 0.963. The molecule has 1 aliphatic carbocycles. The predicted molar refractivity (Wildman–Crippen MR) is 69.0 cm³/mol. The van der Waals surface area contributed by atoms with Crippen molar-refractivity contribution in [3.05, 3.63) is 28.8 Å². The number of nitrogens with one attached hydrogen (secondary N) is 1. The van der Waals surface area contributed by atoms with Gasteiger partial charge in [0.15, 0.2) is 4.77 Å². The first-order valence-corrected chi connectivity index (χ1v) is 6.53. The van der Waals surface area contributed by atoms with E-state index in [9.17, 15) is 4.39 Å². The van der Waals surface area contributed by atoms with Crippen LogP contribution in [0.1, 0.15) is 25.7 Å². The Kier molecular flexibility index (Phi) is 2.74. The van der Waals surface area contributed by atoms with E-state index in [4.69, 9.17) is 12.2 Å². The van der Waals surface area contributed by atoms with Crippen LogP contribution < -0.4 is 0 Å². The van der Waals surface area contributed by atoms with Gasteiger partial charge >= 0.3 is 0 Å². The van der Waals surface area contributed by atoms with Gasteiger partial charge < -0.3 is 9.55 Å². The van der Waals surface area contributed by atoms with Crippen LogP contribution in [0.5, 0.6) is 0 Å². The van der Waals surface area contributed by atoms with Crippen LogP contribution in [0, 0.1) is 16.5 Å². The molecule has 1 aromatic heterocycles. The summed E-state index contributed by atoms with van der Waals surface area (Å²) in [4.78, 5) is 3.08. The summed E-state index contributed by atoms with van der Waals surface area (Å²) in [6.07, 6.45) is 5.23. The molecule has 0 saturated heterocycles. The lowest BCUT2D eigenvalue weighted by molar-refractivity contribution is 0.461. The van der Waals surface area contributed by atoms with Crippen molar-refractivity contribution in [2.45, 2.75) is 32.2 Å². The van der Waals surface area contributed by atoms with E-state index in [1.807, 2.05) is 6.07 Å². The summed E-state index contributed by atoms with van der Waals surface area (Å²) in [5.41, 5.74) is 1.82. The molecule has 1 saturated carbocycles. The number of benzene rings is 1. The second-order valence-electron chi connectivity index (χ2n) is 4.85. The van der Waals surface area contributed by atoms with Gasteiger partial charge in [0.1, 0.15) is 5.82 Å². The first kappa shape index (κ1) is 11.0. The highest BCUT2D eigenvalue weighted by atomic mass is 32.1. The van der Waals surface area contributed by atoms with Gasteiger partial charge in [-0.1, -0.05) is 12.8 Å². The molecule has 0 aliphatic heterocycles. The fourth-order valence-corrected chi connectivity index (χ4v) is 3.05. The van der Waals surface area contributed by atoms with Crippen LogP contribution in [0.15, 0.2) is 18.2 Å². The number of hydrogen-bond acceptors (Lipinski definition) is 1. The molecule has 3 rings (SSSR count). The fraction of sp³-hybridized carbons (Fsp3) is 0.462. The number of aromatic nitrogens is 2. The molecule has 0 spiro atoms. The molecular weight excluding hydrogens is 235 g/mol. The van der Waals surface area contributed by atoms with Crippen LogP contribution >= 0.6 is 12.2 Å². The molecule has 1 aromatic carbocycles. The summed E-state index contributed by atoms with van der Waals surface area (Å²) in [5, 5.41) is 0. The average molecular weight is 250 g/mol. The largest absolute Gasteiger partial charge is 0.330 e. The average Bonchev–Trinajstić information content (AvgIpc) is 2.88. The number of halogens is 1. The van der Waals surface area contributed by atoms with E-state index in [1.54, 1.807) is 0 Å². The second kappa shape index (κ2) is 4.26. The maximum absolute atomic E-state index is 13.1. The van der Waals surface area contributed by atoms with Crippen LogP contribution in [0.25, 0.3) is 11.0 Å². The van der Waals surface area contributed by atoms with Crippen molar-refractivity contribution in [3.8, 4) is 0 Å². The highest BCUT2D eigenvalue weighted by Crippen LogP contribution is 2.27. The Morgan fingerprint density at radius 3 is 2.88 bits per heavy atom. The molecule has 90 valence electrons. The molecule has 0 atom stereocenters. The Morgan fingerprint density at radius 1 is 1.35 bits per heavy atom. The summed E-state index contributed by atoms with van der Waals surface area (Å²) < 4.78 is 15.9. The maximum atomic E-state index is 13.1. The van der Waals surface area contributed by atoms with Crippen LogP contribution in [-0.4, -0.2) is 9.55 Å². The first-order valence-electron chi connectivity index (χ1n) is 6.12. The van der Waals surface area contributed by atoms with Crippen molar-refractivity contribution in [1.82, 2.24) is 9.55 Å². The Hall–Kier alpha value is -1.16. The first-order chi connectivity index (χ1) is 8.24. The van der Waals surface area contributed by atoms with Gasteiger partial charge in [-0.15, -0.1) is 0 Å². The van der Waals surface area contributed by atoms with E-state index < -0.39 is 0 Å². The van der Waals surface area contributed by atoms with E-state index in [2.05, 4.69) is 9.55 Å². The van der Waals surface area contributed by atoms with Crippen LogP contribution in [0.2, 0.25) is 0 Å². The van der Waals surface area contributed by atoms with Gasteiger partial charge in [-0.3, -0.25) is 0 Å². The molecule has 1 fully saturated rings. The minimum atomic E-state index is -0.221. The standard InChI is InChI=1S/C13H15FN2S/c14-10-5-6-12-11(7-10)15-13(17)16(12)8-9-3-1-2-4-9/h5-7,9H,1-4,8H2,(H,15,17). The molecule has 1 N–H and O–H groups in total. The van der Waals surface area contributed by atoms with Gasteiger partial charge in [-0.05, 0) is 49.2 Å². The van der Waals surface area contributed by atoms with Gasteiger partial charge in [0.05, 0.1) is 11.0 Å². The zero-order valence-electron chi connectivity index (χ0n) is 9.58. The molecule has 0 bridgehead atoms. The lowest BCUT2D eigenvalue weighted by Crippen LogP contribution is -2.07. The van der Waals surface area contributed by atoms with Crippen LogP contribution in [-0.2, 0) is 6.54 Å². The van der Waals surface area contributed by atoms with Gasteiger partial charge in [0, 0.05) is 6.54 Å². The summed E-state index contributed by atoms with van der Waals surface area (Å²) in [7, 11) is 0. The van der Waals surface area contributed by atoms with Gasteiger partial charge in [-0.2, -0.15) is 0 Å². The van der Waals surface area contributed by atoms with Crippen LogP contribution in [0.3, 0.4) is 0 Å². The molecule has 2 aromatic rings. The SMILES string of the molecule is Fc1ccc2c(c1)[nH]c(=S)n2CC1CCCC1. The number of nitrogens with zero attached hydrogens (tertiary/aromatic N) is 1. The number of fused-ring (bicyclic) bond motifs is 1. The molecule has 2 nitrogen and oxygen atoms in total. The van der Waals surface area contributed by atoms with Crippen molar-refractivity contribution < 1.29 is 4.39 Å². The molecule has 1 aliphatic rings. The Balaban J connectivity index is 2.02. The topological polar surface area (TPSA) is 20.7 Å². The zero-order valence-corrected chi connectivity index (χ0v) is 10.4. The Labute approximate surface area is 104 Å². The van der Waals surface area contributed by atoms with Gasteiger partial charge in [-0.25, -0.2) is 4.39 Å². The van der Waals surface area contributed by atoms with Gasteiger partial charge in [0.2, 0.25) is 0 Å². The molecule has 0 unspecified atom stereocenters. The number of rotatable bonds is 2. The predicted octanol–water partition coefficient (Wildman–Crippen LogP) is 4.03. The second-order valence-corrected chi connectivity index (χ2v) is 5.24. The molecule has 17 heavy (non-hydrogen) atoms. The quantitative estimate of drug-likeness (QED) is 0.798. The minimum Gasteiger partial charge on any atom is -0.330 e. The van der Waals surface area contributed by atoms with Crippen molar-refractivity contribution >= 4 is 23.3 Å². The lowest BCUT2D eigenvalue weighted by Gasteiger charge is -2.10. The number of aromatic amines is 1. The zero-order chi connectivity index (χ0) is 11.8. The maximum Gasteiger partial charge on any atom is 0.178 e. The van der Waals surface area contributed by atoms with E-state index in [0.717, 1.165) is 23.5 Å². The summed E-state index contributed by atoms with van der Waals surface area (Å²) >= 11 is 5.32. The fourth-order valence-electron chi connectivity index (χ4n) is 2.77. The Bertz CT molecular complexity index is 593. The van der Waals surface area contributed by atoms with Crippen molar-refractivity contribution in [3.63, 3.8) is 0 Å². The molecule has 1 heterocycles. The minimum absolute atomic E-state index is 0.221. The highest BCUT2D eigenvalue weighted by molar-refractivity contribution is 7.71. The summed E-state index contributed by atoms with van der Waals surface area (Å²) in [5.74, 6) is 0.507. The van der Waals surface area contributed by atoms with E-state index >= 15 is 0 Å². The van der Waals surface area contributed by atoms with E-state index in [0.29, 0.717) is 4.77 Å². The highest BCUT2D eigenvalue weighted by Gasteiger charge is 2.17. The third kappa shape index (κ3) is 2.02. The molecular formula is C13H15FN2S. The number of hydrogen-bond donors (Lipinski definition) is 1. The molecule has 4 heteroatoms. The van der Waals surface area contributed by atoms with Crippen molar-refractivity contribution in [1.29, 1.82) is 0 Å². The normalized spacial score (nSPS) is 17.0. The number of imidazole rings is 1. The van der Waals surface area contributed by atoms with E-state index in [1.165, 1.54) is 37.8 Å². The van der Waals surface area contributed by atoms with Gasteiger partial charge in [0.25, 0.3) is 0 Å². The Morgan fingerprint density at radius 2 is 2.12 bits per heavy atom. The van der Waals surface area contributed by atoms with Crippen molar-refractivity contribution in [2.24, 2.45) is 5.92 Å². The number of H-pyrrole nitrogens is 1. The smallest absolute Gasteiger partial charge is 0.178 e. The monoisotopic (exact) mass is 250 g/mol. The van der Waals surface area contributed by atoms with Crippen molar-refractivity contribution in [2.75, 3.05) is 0 Å². The lowest BCUT2D eigenvalue weighted by atomic mass is 10.1. The third-order valence-corrected chi connectivity index (χ3v) is 3.97. The third-order valence-electron chi connectivity index (χ3n) is 3.65.